The number of rotatable bonds is 6. The standard InChI is InChI=1S/C12H14BrF3O/c13-8-11(10-4-2-1-3-5-10)6-7-17-9-12(14,15)16/h1-5,11H,6-9H2. The molecule has 1 atom stereocenters. The Morgan fingerprint density at radius 1 is 1.18 bits per heavy atom. The molecule has 0 fully saturated rings. The highest BCUT2D eigenvalue weighted by molar-refractivity contribution is 9.09. The van der Waals surface area contributed by atoms with Crippen LogP contribution >= 0.6 is 15.9 Å². The smallest absolute Gasteiger partial charge is 0.372 e. The van der Waals surface area contributed by atoms with Crippen molar-refractivity contribution in [1.82, 2.24) is 0 Å². The normalized spacial score (nSPS) is 13.6. The predicted octanol–water partition coefficient (Wildman–Crippen LogP) is 4.13. The van der Waals surface area contributed by atoms with Crippen molar-refractivity contribution in [3.05, 3.63) is 35.9 Å². The van der Waals surface area contributed by atoms with Crippen LogP contribution in [0.1, 0.15) is 17.9 Å². The number of alkyl halides is 4. The first-order valence-corrected chi connectivity index (χ1v) is 6.40. The lowest BCUT2D eigenvalue weighted by molar-refractivity contribution is -0.174. The Hall–Kier alpha value is -0.550. The van der Waals surface area contributed by atoms with Crippen LogP contribution in [0.2, 0.25) is 0 Å². The zero-order valence-corrected chi connectivity index (χ0v) is 10.8. The van der Waals surface area contributed by atoms with Gasteiger partial charge >= 0.3 is 6.18 Å². The van der Waals surface area contributed by atoms with Crippen LogP contribution in [0, 0.1) is 0 Å². The van der Waals surface area contributed by atoms with Gasteiger partial charge in [0.2, 0.25) is 0 Å². The number of halogens is 4. The molecular formula is C12H14BrF3O. The Morgan fingerprint density at radius 2 is 1.82 bits per heavy atom. The fourth-order valence-electron chi connectivity index (χ4n) is 1.47. The minimum atomic E-state index is -4.24. The van der Waals surface area contributed by atoms with Crippen molar-refractivity contribution in [2.75, 3.05) is 18.5 Å². The maximum Gasteiger partial charge on any atom is 0.411 e. The van der Waals surface area contributed by atoms with Crippen molar-refractivity contribution < 1.29 is 17.9 Å². The molecule has 1 aromatic rings. The van der Waals surface area contributed by atoms with Gasteiger partial charge in [-0.2, -0.15) is 13.2 Å². The number of benzene rings is 1. The van der Waals surface area contributed by atoms with Crippen LogP contribution in [0.15, 0.2) is 30.3 Å². The van der Waals surface area contributed by atoms with Gasteiger partial charge in [-0.15, -0.1) is 0 Å². The summed E-state index contributed by atoms with van der Waals surface area (Å²) in [6.07, 6.45) is -3.66. The van der Waals surface area contributed by atoms with Gasteiger partial charge in [0.05, 0.1) is 0 Å². The van der Waals surface area contributed by atoms with Crippen LogP contribution in [-0.4, -0.2) is 24.7 Å². The third-order valence-electron chi connectivity index (χ3n) is 2.33. The fraction of sp³-hybridized carbons (Fsp3) is 0.500. The van der Waals surface area contributed by atoms with E-state index in [4.69, 9.17) is 0 Å². The molecule has 0 aliphatic carbocycles. The molecule has 0 saturated heterocycles. The van der Waals surface area contributed by atoms with Gasteiger partial charge in [0.25, 0.3) is 0 Å². The van der Waals surface area contributed by atoms with E-state index in [9.17, 15) is 13.2 Å². The molecule has 0 heterocycles. The van der Waals surface area contributed by atoms with Gasteiger partial charge in [-0.25, -0.2) is 0 Å². The van der Waals surface area contributed by atoms with E-state index < -0.39 is 12.8 Å². The van der Waals surface area contributed by atoms with Gasteiger partial charge in [-0.3, -0.25) is 0 Å². The Labute approximate surface area is 107 Å². The molecule has 0 aliphatic heterocycles. The maximum absolute atomic E-state index is 11.9. The van der Waals surface area contributed by atoms with Crippen LogP contribution in [0.25, 0.3) is 0 Å². The summed E-state index contributed by atoms with van der Waals surface area (Å²) in [7, 11) is 0. The monoisotopic (exact) mass is 310 g/mol. The quantitative estimate of drug-likeness (QED) is 0.567. The average molecular weight is 311 g/mol. The van der Waals surface area contributed by atoms with Gasteiger partial charge in [-0.1, -0.05) is 46.3 Å². The predicted molar refractivity (Wildman–Crippen MR) is 64.5 cm³/mol. The Kier molecular flexibility index (Phi) is 5.98. The fourth-order valence-corrected chi connectivity index (χ4v) is 2.17. The molecule has 1 nitrogen and oxygen atoms in total. The molecule has 1 unspecified atom stereocenters. The van der Waals surface area contributed by atoms with Crippen LogP contribution in [-0.2, 0) is 4.74 Å². The first-order valence-electron chi connectivity index (χ1n) is 5.28. The highest BCUT2D eigenvalue weighted by Crippen LogP contribution is 2.22. The third-order valence-corrected chi connectivity index (χ3v) is 3.12. The van der Waals surface area contributed by atoms with E-state index in [0.717, 1.165) is 5.56 Å². The van der Waals surface area contributed by atoms with Gasteiger partial charge in [0.15, 0.2) is 0 Å². The number of hydrogen-bond donors (Lipinski definition) is 0. The molecule has 0 radical (unpaired) electrons. The van der Waals surface area contributed by atoms with Crippen LogP contribution in [0.3, 0.4) is 0 Å². The van der Waals surface area contributed by atoms with Gasteiger partial charge < -0.3 is 4.74 Å². The molecule has 0 aliphatic rings. The van der Waals surface area contributed by atoms with Crippen molar-refractivity contribution in [3.63, 3.8) is 0 Å². The second-order valence-corrected chi connectivity index (χ2v) is 4.37. The lowest BCUT2D eigenvalue weighted by Gasteiger charge is -2.15. The van der Waals surface area contributed by atoms with Gasteiger partial charge in [0, 0.05) is 11.9 Å². The van der Waals surface area contributed by atoms with Gasteiger partial charge in [-0.05, 0) is 17.9 Å². The molecule has 96 valence electrons. The first kappa shape index (κ1) is 14.5. The molecule has 17 heavy (non-hydrogen) atoms. The molecule has 1 aromatic carbocycles. The summed E-state index contributed by atoms with van der Waals surface area (Å²) in [5, 5.41) is 0.715. The van der Waals surface area contributed by atoms with Crippen LogP contribution in [0.5, 0.6) is 0 Å². The van der Waals surface area contributed by atoms with Crippen molar-refractivity contribution in [1.29, 1.82) is 0 Å². The summed E-state index contributed by atoms with van der Waals surface area (Å²) >= 11 is 3.37. The van der Waals surface area contributed by atoms with Crippen LogP contribution in [0.4, 0.5) is 13.2 Å². The summed E-state index contributed by atoms with van der Waals surface area (Å²) in [6.45, 7) is -1.05. The minimum Gasteiger partial charge on any atom is -0.372 e. The van der Waals surface area contributed by atoms with Crippen molar-refractivity contribution in [3.8, 4) is 0 Å². The highest BCUT2D eigenvalue weighted by Gasteiger charge is 2.27. The molecule has 0 aromatic heterocycles. The van der Waals surface area contributed by atoms with E-state index in [0.29, 0.717) is 11.8 Å². The topological polar surface area (TPSA) is 9.23 Å². The second-order valence-electron chi connectivity index (χ2n) is 3.72. The third kappa shape index (κ3) is 6.07. The molecule has 5 heteroatoms. The SMILES string of the molecule is FC(F)(F)COCCC(CBr)c1ccccc1. The highest BCUT2D eigenvalue weighted by atomic mass is 79.9. The van der Waals surface area contributed by atoms with Crippen molar-refractivity contribution in [2.24, 2.45) is 0 Å². The van der Waals surface area contributed by atoms with E-state index in [-0.39, 0.29) is 12.5 Å². The Bertz CT molecular complexity index is 313. The maximum atomic E-state index is 11.9. The van der Waals surface area contributed by atoms with Crippen molar-refractivity contribution >= 4 is 15.9 Å². The van der Waals surface area contributed by atoms with Crippen LogP contribution < -0.4 is 0 Å². The molecule has 1 rings (SSSR count). The largest absolute Gasteiger partial charge is 0.411 e. The zero-order valence-electron chi connectivity index (χ0n) is 9.21. The number of hydrogen-bond acceptors (Lipinski definition) is 1. The summed E-state index contributed by atoms with van der Waals surface area (Å²) in [6, 6.07) is 9.68. The van der Waals surface area contributed by atoms with Gasteiger partial charge in [0.1, 0.15) is 6.61 Å². The zero-order chi connectivity index (χ0) is 12.7. The average Bonchev–Trinajstić information content (AvgIpc) is 2.29. The molecule has 0 spiro atoms. The molecule has 0 amide bonds. The second kappa shape index (κ2) is 7.01. The summed E-state index contributed by atoms with van der Waals surface area (Å²) in [5.41, 5.74) is 1.11. The molecular weight excluding hydrogens is 297 g/mol. The Morgan fingerprint density at radius 3 is 2.35 bits per heavy atom. The lowest BCUT2D eigenvalue weighted by atomic mass is 9.98. The van der Waals surface area contributed by atoms with E-state index in [2.05, 4.69) is 20.7 Å². The molecule has 0 bridgehead atoms. The van der Waals surface area contributed by atoms with E-state index >= 15 is 0 Å². The molecule has 0 N–H and O–H groups in total. The van der Waals surface area contributed by atoms with Crippen molar-refractivity contribution in [2.45, 2.75) is 18.5 Å². The summed E-state index contributed by atoms with van der Waals surface area (Å²) < 4.78 is 40.2. The van der Waals surface area contributed by atoms with E-state index in [1.807, 2.05) is 30.3 Å². The van der Waals surface area contributed by atoms with E-state index in [1.54, 1.807) is 0 Å². The molecule has 0 saturated carbocycles. The minimum absolute atomic E-state index is 0.116. The summed E-state index contributed by atoms with van der Waals surface area (Å²) in [5.74, 6) is 0.185. The summed E-state index contributed by atoms with van der Waals surface area (Å²) in [4.78, 5) is 0. The van der Waals surface area contributed by atoms with E-state index in [1.165, 1.54) is 0 Å². The number of ether oxygens (including phenoxy) is 1. The Balaban J connectivity index is 2.34. The first-order chi connectivity index (χ1) is 8.03. The lowest BCUT2D eigenvalue weighted by Crippen LogP contribution is -2.18.